The zero-order valence-corrected chi connectivity index (χ0v) is 3.14. The van der Waals surface area contributed by atoms with Gasteiger partial charge in [-0.2, -0.15) is 0 Å². The minimum absolute atomic E-state index is 0.130. The normalized spacial score (nSPS) is 10.2. The summed E-state index contributed by atoms with van der Waals surface area (Å²) in [7, 11) is -2.78. The van der Waals surface area contributed by atoms with Crippen LogP contribution in [0, 0.1) is 0 Å². The van der Waals surface area contributed by atoms with Gasteiger partial charge in [0.2, 0.25) is 0 Å². The van der Waals surface area contributed by atoms with E-state index in [-0.39, 0.29) is 6.03 Å². The van der Waals surface area contributed by atoms with Crippen LogP contribution in [0.5, 0.6) is 0 Å². The highest BCUT2D eigenvalue weighted by atomic mass is 31.1. The minimum Gasteiger partial charge on any atom is -0.589 e. The minimum atomic E-state index is -2.78. The first-order valence-electron chi connectivity index (χ1n) is 0.859. The Morgan fingerprint density at radius 1 is 1.80 bits per heavy atom. The molecule has 0 fully saturated rings. The Hall–Kier alpha value is -0.270. The number of carbonyl (C=O) groups excluding carboxylic acids is 1. The Bertz CT molecular complexity index is 57.9. The van der Waals surface area contributed by atoms with Crippen molar-refractivity contribution in [3.8, 4) is 0 Å². The Morgan fingerprint density at radius 3 is 2.00 bits per heavy atom. The van der Waals surface area contributed by atoms with Gasteiger partial charge in [0.1, 0.15) is 0 Å². The zero-order chi connectivity index (χ0) is 4.28. The summed E-state index contributed by atoms with van der Waals surface area (Å²) in [4.78, 5) is 17.9. The van der Waals surface area contributed by atoms with Gasteiger partial charge in [0.15, 0.2) is 0 Å². The van der Waals surface area contributed by atoms with E-state index in [1.54, 1.807) is 0 Å². The van der Waals surface area contributed by atoms with Crippen molar-refractivity contribution in [1.29, 1.82) is 0 Å². The van der Waals surface area contributed by atoms with Gasteiger partial charge in [-0.25, -0.2) is 4.79 Å². The average Bonchev–Trinajstić information content (AvgIpc) is 1.38. The smallest absolute Gasteiger partial charge is 0.384 e. The Balaban J connectivity index is 3.20. The highest BCUT2D eigenvalue weighted by Gasteiger charge is 1.85. The maximum absolute atomic E-state index is 9.04. The highest BCUT2D eigenvalue weighted by molar-refractivity contribution is 7.53. The van der Waals surface area contributed by atoms with E-state index >= 15 is 0 Å². The molecule has 0 aromatic rings. The molecule has 1 unspecified atom stereocenters. The first-order valence-corrected chi connectivity index (χ1v) is 2.11. The predicted octanol–water partition coefficient (Wildman–Crippen LogP) is -0.721. The third kappa shape index (κ3) is 3.73. The molecule has 28 valence electrons. The zero-order valence-electron chi connectivity index (χ0n) is 2.25. The SMILES string of the molecule is O=C[P+](=O)[O-]. The lowest BCUT2D eigenvalue weighted by atomic mass is 11.8. The molecule has 0 heterocycles. The van der Waals surface area contributed by atoms with E-state index in [1.807, 2.05) is 0 Å². The molecule has 0 aliphatic rings. The summed E-state index contributed by atoms with van der Waals surface area (Å²) in [6.45, 7) is 0. The molecule has 4 heteroatoms. The van der Waals surface area contributed by atoms with Crippen molar-refractivity contribution in [3.63, 3.8) is 0 Å². The summed E-state index contributed by atoms with van der Waals surface area (Å²) < 4.78 is 9.04. The van der Waals surface area contributed by atoms with Crippen molar-refractivity contribution in [1.82, 2.24) is 0 Å². The molecule has 0 amide bonds. The molecule has 0 saturated carbocycles. The molecular weight excluding hydrogens is 91.0 g/mol. The van der Waals surface area contributed by atoms with Gasteiger partial charge in [-0.1, -0.05) is 4.57 Å². The highest BCUT2D eigenvalue weighted by Crippen LogP contribution is 1.93. The maximum Gasteiger partial charge on any atom is 0.384 e. The third-order valence-corrected chi connectivity index (χ3v) is 0.258. The van der Waals surface area contributed by atoms with Gasteiger partial charge in [-0.15, -0.1) is 0 Å². The average molecular weight is 92.0 g/mol. The molecule has 0 aliphatic heterocycles. The van der Waals surface area contributed by atoms with E-state index in [2.05, 4.69) is 0 Å². The lowest BCUT2D eigenvalue weighted by molar-refractivity contribution is -0.159. The van der Waals surface area contributed by atoms with Crippen LogP contribution in [0.15, 0.2) is 0 Å². The second-order valence-corrected chi connectivity index (χ2v) is 1.17. The van der Waals surface area contributed by atoms with Crippen molar-refractivity contribution >= 4 is 14.1 Å². The molecule has 0 saturated heterocycles. The van der Waals surface area contributed by atoms with Crippen LogP contribution in [0.4, 0.5) is 0 Å². The van der Waals surface area contributed by atoms with Gasteiger partial charge in [0, 0.05) is 0 Å². The molecular formula is CHO3P. The van der Waals surface area contributed by atoms with Crippen molar-refractivity contribution in [2.24, 2.45) is 0 Å². The van der Waals surface area contributed by atoms with Crippen LogP contribution in [0.2, 0.25) is 0 Å². The molecule has 0 rings (SSSR count). The Kier molecular flexibility index (Phi) is 1.89. The fraction of sp³-hybridized carbons (Fsp3) is 0. The first-order chi connectivity index (χ1) is 2.27. The van der Waals surface area contributed by atoms with Gasteiger partial charge in [-0.05, 0) is 0 Å². The molecule has 1 atom stereocenters. The standard InChI is InChI=1S/CHO3P/c2-1-5(3)4/h1H. The lowest BCUT2D eigenvalue weighted by Gasteiger charge is -1.59. The first kappa shape index (κ1) is 4.73. The molecule has 0 N–H and O–H groups in total. The molecule has 0 radical (unpaired) electrons. The molecule has 0 spiro atoms. The van der Waals surface area contributed by atoms with Crippen molar-refractivity contribution < 1.29 is 14.3 Å². The fourth-order valence-corrected chi connectivity index (χ4v) is 0. The third-order valence-electron chi connectivity index (χ3n) is 0.0861. The van der Waals surface area contributed by atoms with Crippen LogP contribution in [-0.2, 0) is 9.36 Å². The summed E-state index contributed by atoms with van der Waals surface area (Å²) >= 11 is 0. The van der Waals surface area contributed by atoms with Gasteiger partial charge >= 0.3 is 14.1 Å². The van der Waals surface area contributed by atoms with Crippen molar-refractivity contribution in [2.45, 2.75) is 0 Å². The van der Waals surface area contributed by atoms with Crippen LogP contribution >= 0.6 is 8.03 Å². The Morgan fingerprint density at radius 2 is 2.00 bits per heavy atom. The lowest BCUT2D eigenvalue weighted by Crippen LogP contribution is -1.82. The van der Waals surface area contributed by atoms with E-state index in [4.69, 9.17) is 14.3 Å². The summed E-state index contributed by atoms with van der Waals surface area (Å²) in [6.07, 6.45) is 0. The van der Waals surface area contributed by atoms with E-state index < -0.39 is 8.03 Å². The van der Waals surface area contributed by atoms with E-state index in [0.29, 0.717) is 0 Å². The molecule has 0 aromatic carbocycles. The van der Waals surface area contributed by atoms with Gasteiger partial charge in [0.05, 0.1) is 0 Å². The summed E-state index contributed by atoms with van der Waals surface area (Å²) in [5, 5.41) is 0. The van der Waals surface area contributed by atoms with Crippen LogP contribution < -0.4 is 4.89 Å². The second kappa shape index (κ2) is 2.00. The van der Waals surface area contributed by atoms with Crippen LogP contribution in [0.3, 0.4) is 0 Å². The predicted molar refractivity (Wildman–Crippen MR) is 14.4 cm³/mol. The Labute approximate surface area is 29.5 Å². The van der Waals surface area contributed by atoms with Gasteiger partial charge < -0.3 is 4.89 Å². The molecule has 0 aromatic heterocycles. The summed E-state index contributed by atoms with van der Waals surface area (Å²) in [5.74, 6) is 0. The summed E-state index contributed by atoms with van der Waals surface area (Å²) in [5.41, 5.74) is 0. The quantitative estimate of drug-likeness (QED) is 0.316. The fourth-order valence-electron chi connectivity index (χ4n) is 0. The second-order valence-electron chi connectivity index (χ2n) is 0.391. The number of rotatable bonds is 1. The largest absolute Gasteiger partial charge is 0.589 e. The van der Waals surface area contributed by atoms with E-state index in [1.165, 1.54) is 0 Å². The molecule has 3 nitrogen and oxygen atoms in total. The topological polar surface area (TPSA) is 57.2 Å². The molecule has 0 aliphatic carbocycles. The number of hydrogen-bond acceptors (Lipinski definition) is 3. The van der Waals surface area contributed by atoms with Gasteiger partial charge in [0.25, 0.3) is 0 Å². The number of hydrogen-bond donors (Lipinski definition) is 0. The van der Waals surface area contributed by atoms with Crippen molar-refractivity contribution in [3.05, 3.63) is 0 Å². The van der Waals surface area contributed by atoms with Crippen LogP contribution in [-0.4, -0.2) is 6.03 Å². The summed E-state index contributed by atoms with van der Waals surface area (Å²) in [6, 6.07) is -0.130. The number of carbonyl (C=O) groups is 1. The van der Waals surface area contributed by atoms with E-state index in [0.717, 1.165) is 0 Å². The van der Waals surface area contributed by atoms with E-state index in [9.17, 15) is 0 Å². The monoisotopic (exact) mass is 92.0 g/mol. The van der Waals surface area contributed by atoms with Gasteiger partial charge in [-0.3, -0.25) is 0 Å². The maximum atomic E-state index is 9.04. The van der Waals surface area contributed by atoms with Crippen LogP contribution in [0.25, 0.3) is 0 Å². The molecule has 5 heavy (non-hydrogen) atoms. The van der Waals surface area contributed by atoms with Crippen LogP contribution in [0.1, 0.15) is 0 Å². The molecule has 0 bridgehead atoms. The van der Waals surface area contributed by atoms with Crippen molar-refractivity contribution in [2.75, 3.05) is 0 Å².